The van der Waals surface area contributed by atoms with Crippen LogP contribution in [0.15, 0.2) is 42.6 Å². The molecule has 4 rings (SSSR count). The van der Waals surface area contributed by atoms with E-state index in [0.29, 0.717) is 25.1 Å². The number of amides is 3. The number of benzene rings is 1. The zero-order valence-electron chi connectivity index (χ0n) is 17.3. The van der Waals surface area contributed by atoms with Gasteiger partial charge in [-0.3, -0.25) is 14.4 Å². The Morgan fingerprint density at radius 2 is 2.06 bits per heavy atom. The minimum Gasteiger partial charge on any atom is -0.369 e. The number of carbonyl (C=O) groups is 3. The average Bonchev–Trinajstić information content (AvgIpc) is 2.78. The largest absolute Gasteiger partial charge is 0.369 e. The first-order valence-corrected chi connectivity index (χ1v) is 10.7. The minimum absolute atomic E-state index is 0.0340. The van der Waals surface area contributed by atoms with Gasteiger partial charge in [0.05, 0.1) is 17.8 Å². The molecule has 2 aliphatic heterocycles. The van der Waals surface area contributed by atoms with E-state index in [4.69, 9.17) is 5.73 Å². The van der Waals surface area contributed by atoms with Gasteiger partial charge in [0.2, 0.25) is 17.7 Å². The summed E-state index contributed by atoms with van der Waals surface area (Å²) >= 11 is 0. The van der Waals surface area contributed by atoms with Gasteiger partial charge in [-0.2, -0.15) is 0 Å². The molecule has 8 nitrogen and oxygen atoms in total. The molecule has 1 aromatic carbocycles. The highest BCUT2D eigenvalue weighted by Crippen LogP contribution is 2.28. The number of nitrogens with two attached hydrogens (primary N) is 1. The first-order chi connectivity index (χ1) is 15.0. The lowest BCUT2D eigenvalue weighted by atomic mass is 9.89. The second-order valence-corrected chi connectivity index (χ2v) is 8.23. The van der Waals surface area contributed by atoms with Gasteiger partial charge in [0, 0.05) is 31.1 Å². The van der Waals surface area contributed by atoms with Crippen LogP contribution in [-0.2, 0) is 20.8 Å². The van der Waals surface area contributed by atoms with Gasteiger partial charge in [0.25, 0.3) is 0 Å². The Labute approximate surface area is 181 Å². The number of rotatable bonds is 6. The summed E-state index contributed by atoms with van der Waals surface area (Å²) in [5.41, 5.74) is 8.01. The first kappa shape index (κ1) is 20.8. The lowest BCUT2D eigenvalue weighted by molar-refractivity contribution is -0.122. The summed E-state index contributed by atoms with van der Waals surface area (Å²) in [4.78, 5) is 42.6. The molecule has 3 amide bonds. The van der Waals surface area contributed by atoms with Crippen molar-refractivity contribution in [3.8, 4) is 0 Å². The van der Waals surface area contributed by atoms with Crippen LogP contribution in [0, 0.1) is 11.8 Å². The highest BCUT2D eigenvalue weighted by atomic mass is 16.2. The van der Waals surface area contributed by atoms with Crippen molar-refractivity contribution in [2.24, 2.45) is 17.6 Å². The number of nitrogens with one attached hydrogen (secondary N) is 2. The third-order valence-corrected chi connectivity index (χ3v) is 6.01. The Bertz CT molecular complexity index is 975. The number of pyridine rings is 1. The Morgan fingerprint density at radius 1 is 1.23 bits per heavy atom. The van der Waals surface area contributed by atoms with Crippen molar-refractivity contribution in [2.75, 3.05) is 28.6 Å². The van der Waals surface area contributed by atoms with Gasteiger partial charge in [-0.25, -0.2) is 4.98 Å². The van der Waals surface area contributed by atoms with Gasteiger partial charge in [-0.15, -0.1) is 0 Å². The van der Waals surface area contributed by atoms with Crippen LogP contribution in [0.4, 0.5) is 17.2 Å². The quantitative estimate of drug-likeness (QED) is 0.662. The molecule has 31 heavy (non-hydrogen) atoms. The Hall–Kier alpha value is -3.42. The molecule has 0 bridgehead atoms. The third-order valence-electron chi connectivity index (χ3n) is 6.01. The van der Waals surface area contributed by atoms with Gasteiger partial charge in [-0.05, 0) is 49.4 Å². The smallest absolute Gasteiger partial charge is 0.227 e. The van der Waals surface area contributed by atoms with Crippen LogP contribution in [-0.4, -0.2) is 35.8 Å². The van der Waals surface area contributed by atoms with Gasteiger partial charge < -0.3 is 21.3 Å². The normalized spacial score (nSPS) is 20.5. The molecule has 0 spiro atoms. The van der Waals surface area contributed by atoms with Crippen molar-refractivity contribution in [3.63, 3.8) is 0 Å². The van der Waals surface area contributed by atoms with Crippen molar-refractivity contribution in [1.82, 2.24) is 4.98 Å². The maximum Gasteiger partial charge on any atom is 0.227 e. The molecule has 4 N–H and O–H groups in total. The maximum atomic E-state index is 12.4. The Balaban J connectivity index is 1.28. The van der Waals surface area contributed by atoms with Gasteiger partial charge in [0.15, 0.2) is 0 Å². The highest BCUT2D eigenvalue weighted by molar-refractivity contribution is 5.96. The van der Waals surface area contributed by atoms with Crippen LogP contribution in [0.2, 0.25) is 0 Å². The summed E-state index contributed by atoms with van der Waals surface area (Å²) in [7, 11) is 0. The molecule has 3 heterocycles. The SMILES string of the molecule is NC(=O)C1CCCN(c2ccc(NC(=O)CCC3Cc4ccccc4NC3=O)cn2)C1. The molecule has 0 saturated carbocycles. The van der Waals surface area contributed by atoms with E-state index in [9.17, 15) is 14.4 Å². The third kappa shape index (κ3) is 5.02. The summed E-state index contributed by atoms with van der Waals surface area (Å²) < 4.78 is 0. The predicted molar refractivity (Wildman–Crippen MR) is 118 cm³/mol. The second-order valence-electron chi connectivity index (χ2n) is 8.23. The first-order valence-electron chi connectivity index (χ1n) is 10.7. The fraction of sp³-hybridized carbons (Fsp3) is 0.391. The fourth-order valence-electron chi connectivity index (χ4n) is 4.24. The van der Waals surface area contributed by atoms with Gasteiger partial charge in [-0.1, -0.05) is 18.2 Å². The van der Waals surface area contributed by atoms with E-state index in [1.54, 1.807) is 12.3 Å². The summed E-state index contributed by atoms with van der Waals surface area (Å²) in [6, 6.07) is 11.4. The molecule has 1 aromatic heterocycles. The molecule has 1 saturated heterocycles. The van der Waals surface area contributed by atoms with Crippen LogP contribution in [0.25, 0.3) is 0 Å². The molecular weight excluding hydrogens is 394 g/mol. The van der Waals surface area contributed by atoms with E-state index in [1.807, 2.05) is 35.2 Å². The van der Waals surface area contributed by atoms with Crippen LogP contribution < -0.4 is 21.3 Å². The number of fused-ring (bicyclic) bond motifs is 1. The standard InChI is InChI=1S/C23H27N5O3/c24-22(30)17-5-3-11-28(14-17)20-9-8-18(13-25-20)26-21(29)10-7-16-12-15-4-1-2-6-19(15)27-23(16)31/h1-2,4,6,8-9,13,16-17H,3,5,7,10-12,14H2,(H2,24,30)(H,26,29)(H,27,31). The summed E-state index contributed by atoms with van der Waals surface area (Å²) in [5, 5.41) is 5.76. The van der Waals surface area contributed by atoms with E-state index >= 15 is 0 Å². The molecule has 2 aromatic rings. The molecule has 2 unspecified atom stereocenters. The molecule has 1 fully saturated rings. The number of aromatic nitrogens is 1. The monoisotopic (exact) mass is 421 g/mol. The van der Waals surface area contributed by atoms with Gasteiger partial charge >= 0.3 is 0 Å². The maximum absolute atomic E-state index is 12.4. The molecule has 2 aliphatic rings. The number of carbonyl (C=O) groups excluding carboxylic acids is 3. The van der Waals surface area contributed by atoms with Crippen molar-refractivity contribution in [1.29, 1.82) is 0 Å². The Kier molecular flexibility index (Phi) is 6.16. The second kappa shape index (κ2) is 9.16. The summed E-state index contributed by atoms with van der Waals surface area (Å²) in [5.74, 6) is -0.0520. The topological polar surface area (TPSA) is 117 Å². The molecule has 2 atom stereocenters. The van der Waals surface area contributed by atoms with Crippen LogP contribution in [0.1, 0.15) is 31.2 Å². The molecule has 8 heteroatoms. The number of nitrogens with zero attached hydrogens (tertiary/aromatic N) is 2. The molecular formula is C23H27N5O3. The van der Waals surface area contributed by atoms with Crippen molar-refractivity contribution >= 4 is 34.9 Å². The van der Waals surface area contributed by atoms with E-state index < -0.39 is 0 Å². The van der Waals surface area contributed by atoms with Crippen LogP contribution in [0.5, 0.6) is 0 Å². The molecule has 0 aliphatic carbocycles. The molecule has 162 valence electrons. The van der Waals surface area contributed by atoms with Crippen LogP contribution >= 0.6 is 0 Å². The van der Waals surface area contributed by atoms with E-state index in [0.717, 1.165) is 36.5 Å². The molecule has 0 radical (unpaired) electrons. The van der Waals surface area contributed by atoms with Crippen LogP contribution in [0.3, 0.4) is 0 Å². The van der Waals surface area contributed by atoms with Gasteiger partial charge in [0.1, 0.15) is 5.82 Å². The summed E-state index contributed by atoms with van der Waals surface area (Å²) in [6.07, 6.45) is 4.71. The van der Waals surface area contributed by atoms with E-state index in [-0.39, 0.29) is 36.0 Å². The number of hydrogen-bond acceptors (Lipinski definition) is 5. The highest BCUT2D eigenvalue weighted by Gasteiger charge is 2.27. The van der Waals surface area contributed by atoms with E-state index in [1.165, 1.54) is 0 Å². The van der Waals surface area contributed by atoms with Crippen molar-refractivity contribution in [2.45, 2.75) is 32.1 Å². The predicted octanol–water partition coefficient (Wildman–Crippen LogP) is 2.31. The number of anilines is 3. The number of primary amides is 1. The minimum atomic E-state index is -0.274. The zero-order chi connectivity index (χ0) is 21.8. The fourth-order valence-corrected chi connectivity index (χ4v) is 4.24. The number of piperidine rings is 1. The zero-order valence-corrected chi connectivity index (χ0v) is 17.3. The number of para-hydroxylation sites is 1. The average molecular weight is 422 g/mol. The lowest BCUT2D eigenvalue weighted by Gasteiger charge is -2.32. The lowest BCUT2D eigenvalue weighted by Crippen LogP contribution is -2.41. The summed E-state index contributed by atoms with van der Waals surface area (Å²) in [6.45, 7) is 1.40. The Morgan fingerprint density at radius 3 is 2.84 bits per heavy atom. The van der Waals surface area contributed by atoms with Crippen molar-refractivity contribution < 1.29 is 14.4 Å². The van der Waals surface area contributed by atoms with Crippen molar-refractivity contribution in [3.05, 3.63) is 48.2 Å². The van der Waals surface area contributed by atoms with E-state index in [2.05, 4.69) is 15.6 Å². The number of hydrogen-bond donors (Lipinski definition) is 3.